The van der Waals surface area contributed by atoms with E-state index in [0.717, 1.165) is 5.56 Å². The van der Waals surface area contributed by atoms with Crippen LogP contribution < -0.4 is 14.8 Å². The largest absolute Gasteiger partial charge is 0.454 e. The molecule has 1 aromatic carbocycles. The van der Waals surface area contributed by atoms with E-state index in [0.29, 0.717) is 18.0 Å². The third-order valence-corrected chi connectivity index (χ3v) is 2.65. The van der Waals surface area contributed by atoms with Crippen LogP contribution in [0.2, 0.25) is 0 Å². The maximum absolute atomic E-state index is 11.7. The van der Waals surface area contributed by atoms with Crippen molar-refractivity contribution in [1.29, 1.82) is 0 Å². The quantitative estimate of drug-likeness (QED) is 0.867. The number of rotatable bonds is 2. The summed E-state index contributed by atoms with van der Waals surface area (Å²) in [4.78, 5) is 15.5. The number of benzene rings is 1. The van der Waals surface area contributed by atoms with Crippen molar-refractivity contribution in [2.45, 2.75) is 6.54 Å². The fraction of sp³-hybridized carbons (Fsp3) is 0.167. The number of nitrogens with zero attached hydrogens (tertiary/aromatic N) is 2. The molecule has 6 nitrogen and oxygen atoms in total. The first kappa shape index (κ1) is 10.6. The van der Waals surface area contributed by atoms with Crippen LogP contribution in [0.1, 0.15) is 5.56 Å². The van der Waals surface area contributed by atoms with Crippen molar-refractivity contribution in [3.05, 3.63) is 42.5 Å². The van der Waals surface area contributed by atoms with Crippen molar-refractivity contribution in [2.24, 2.45) is 0 Å². The highest BCUT2D eigenvalue weighted by Crippen LogP contribution is 2.35. The van der Waals surface area contributed by atoms with Gasteiger partial charge in [-0.3, -0.25) is 4.57 Å². The van der Waals surface area contributed by atoms with Gasteiger partial charge in [0.1, 0.15) is 6.33 Å². The zero-order chi connectivity index (χ0) is 12.4. The zero-order valence-corrected chi connectivity index (χ0v) is 9.50. The van der Waals surface area contributed by atoms with Gasteiger partial charge in [-0.15, -0.1) is 0 Å². The van der Waals surface area contributed by atoms with Crippen LogP contribution in [-0.4, -0.2) is 22.4 Å². The number of ether oxygens (including phenoxy) is 2. The van der Waals surface area contributed by atoms with E-state index in [9.17, 15) is 4.79 Å². The average Bonchev–Trinajstić information content (AvgIpc) is 3.05. The lowest BCUT2D eigenvalue weighted by Gasteiger charge is -2.07. The van der Waals surface area contributed by atoms with Crippen LogP contribution in [-0.2, 0) is 6.54 Å². The summed E-state index contributed by atoms with van der Waals surface area (Å²) in [7, 11) is 0. The highest BCUT2D eigenvalue weighted by Gasteiger charge is 2.17. The second-order valence-electron chi connectivity index (χ2n) is 3.78. The van der Waals surface area contributed by atoms with Crippen LogP contribution in [0.15, 0.2) is 36.9 Å². The van der Waals surface area contributed by atoms with Crippen molar-refractivity contribution in [2.75, 3.05) is 6.79 Å². The summed E-state index contributed by atoms with van der Waals surface area (Å²) in [5, 5.41) is 2.78. The van der Waals surface area contributed by atoms with Crippen LogP contribution in [0.25, 0.3) is 0 Å². The van der Waals surface area contributed by atoms with E-state index < -0.39 is 0 Å². The Balaban J connectivity index is 1.71. The summed E-state index contributed by atoms with van der Waals surface area (Å²) < 4.78 is 12.0. The van der Waals surface area contributed by atoms with Crippen LogP contribution >= 0.6 is 0 Å². The minimum absolute atomic E-state index is 0.224. The summed E-state index contributed by atoms with van der Waals surface area (Å²) in [6.45, 7) is 0.603. The normalized spacial score (nSPS) is 12.4. The Hall–Kier alpha value is -2.50. The molecular weight excluding hydrogens is 234 g/mol. The molecule has 0 atom stereocenters. The minimum atomic E-state index is -0.232. The summed E-state index contributed by atoms with van der Waals surface area (Å²) in [5.41, 5.74) is 0.887. The monoisotopic (exact) mass is 245 g/mol. The molecule has 1 amide bonds. The standard InChI is InChI=1S/C12H11N3O3/c16-12(15-5-4-13-7-15)14-6-9-2-1-3-10-11(9)18-8-17-10/h1-5,7H,6,8H2,(H,14,16). The minimum Gasteiger partial charge on any atom is -0.454 e. The lowest BCUT2D eigenvalue weighted by molar-refractivity contribution is 0.173. The van der Waals surface area contributed by atoms with E-state index in [2.05, 4.69) is 10.3 Å². The van der Waals surface area contributed by atoms with Crippen molar-refractivity contribution in [3.8, 4) is 11.5 Å². The van der Waals surface area contributed by atoms with Gasteiger partial charge in [0.15, 0.2) is 11.5 Å². The van der Waals surface area contributed by atoms with Gasteiger partial charge >= 0.3 is 6.03 Å². The van der Waals surface area contributed by atoms with Crippen LogP contribution in [0.4, 0.5) is 4.79 Å². The van der Waals surface area contributed by atoms with E-state index >= 15 is 0 Å². The molecule has 3 rings (SSSR count). The van der Waals surface area contributed by atoms with Crippen LogP contribution in [0.5, 0.6) is 11.5 Å². The van der Waals surface area contributed by atoms with Gasteiger partial charge in [0.2, 0.25) is 6.79 Å². The van der Waals surface area contributed by atoms with Crippen molar-refractivity contribution < 1.29 is 14.3 Å². The lowest BCUT2D eigenvalue weighted by atomic mass is 10.2. The van der Waals surface area contributed by atoms with Crippen molar-refractivity contribution in [3.63, 3.8) is 0 Å². The Kier molecular flexibility index (Phi) is 2.60. The number of carbonyl (C=O) groups excluding carboxylic acids is 1. The second-order valence-corrected chi connectivity index (χ2v) is 3.78. The van der Waals surface area contributed by atoms with E-state index in [1.807, 2.05) is 18.2 Å². The van der Waals surface area contributed by atoms with Gasteiger partial charge in [0, 0.05) is 24.5 Å². The molecule has 0 saturated heterocycles. The van der Waals surface area contributed by atoms with Crippen LogP contribution in [0.3, 0.4) is 0 Å². The first-order valence-electron chi connectivity index (χ1n) is 5.48. The van der Waals surface area contributed by atoms with Gasteiger partial charge in [-0.2, -0.15) is 0 Å². The molecule has 18 heavy (non-hydrogen) atoms. The summed E-state index contributed by atoms with van der Waals surface area (Å²) in [5.74, 6) is 1.41. The molecule has 0 aliphatic carbocycles. The first-order chi connectivity index (χ1) is 8.84. The topological polar surface area (TPSA) is 65.4 Å². The van der Waals surface area contributed by atoms with E-state index in [1.165, 1.54) is 10.9 Å². The highest BCUT2D eigenvalue weighted by molar-refractivity contribution is 5.76. The van der Waals surface area contributed by atoms with E-state index in [4.69, 9.17) is 9.47 Å². The summed E-state index contributed by atoms with van der Waals surface area (Å²) in [6.07, 6.45) is 4.59. The number of imidazole rings is 1. The second kappa shape index (κ2) is 4.40. The van der Waals surface area contributed by atoms with Gasteiger partial charge in [-0.05, 0) is 6.07 Å². The predicted octanol–water partition coefficient (Wildman–Crippen LogP) is 1.37. The van der Waals surface area contributed by atoms with Gasteiger partial charge in [-0.1, -0.05) is 12.1 Å². The molecule has 0 fully saturated rings. The SMILES string of the molecule is O=C(NCc1cccc2c1OCO2)n1ccnc1. The Labute approximate surface area is 103 Å². The maximum Gasteiger partial charge on any atom is 0.327 e. The molecule has 1 N–H and O–H groups in total. The Bertz CT molecular complexity index is 566. The van der Waals surface area contributed by atoms with Gasteiger partial charge in [0.25, 0.3) is 0 Å². The molecule has 2 aromatic rings. The predicted molar refractivity (Wildman–Crippen MR) is 62.4 cm³/mol. The number of fused-ring (bicyclic) bond motifs is 1. The molecule has 0 spiro atoms. The van der Waals surface area contributed by atoms with Gasteiger partial charge in [-0.25, -0.2) is 9.78 Å². The number of hydrogen-bond donors (Lipinski definition) is 1. The molecule has 2 heterocycles. The molecule has 1 aromatic heterocycles. The first-order valence-corrected chi connectivity index (χ1v) is 5.48. The van der Waals surface area contributed by atoms with E-state index in [-0.39, 0.29) is 12.8 Å². The van der Waals surface area contributed by atoms with Gasteiger partial charge < -0.3 is 14.8 Å². The highest BCUT2D eigenvalue weighted by atomic mass is 16.7. The van der Waals surface area contributed by atoms with Crippen molar-refractivity contribution in [1.82, 2.24) is 14.9 Å². The maximum atomic E-state index is 11.7. The van der Waals surface area contributed by atoms with Crippen LogP contribution in [0, 0.1) is 0 Å². The fourth-order valence-electron chi connectivity index (χ4n) is 1.77. The summed E-state index contributed by atoms with van der Waals surface area (Å²) in [6, 6.07) is 5.36. The smallest absolute Gasteiger partial charge is 0.327 e. The molecular formula is C12H11N3O3. The molecule has 1 aliphatic rings. The number of nitrogens with one attached hydrogen (secondary N) is 1. The Morgan fingerprint density at radius 1 is 1.44 bits per heavy atom. The number of carbonyl (C=O) groups is 1. The third-order valence-electron chi connectivity index (χ3n) is 2.65. The zero-order valence-electron chi connectivity index (χ0n) is 9.50. The number of hydrogen-bond acceptors (Lipinski definition) is 4. The van der Waals surface area contributed by atoms with Crippen molar-refractivity contribution >= 4 is 6.03 Å². The number of para-hydroxylation sites is 1. The van der Waals surface area contributed by atoms with Gasteiger partial charge in [0.05, 0.1) is 0 Å². The number of amides is 1. The third kappa shape index (κ3) is 1.88. The lowest BCUT2D eigenvalue weighted by Crippen LogP contribution is -2.27. The Morgan fingerprint density at radius 3 is 3.22 bits per heavy atom. The molecule has 0 unspecified atom stereocenters. The molecule has 0 saturated carbocycles. The van der Waals surface area contributed by atoms with E-state index in [1.54, 1.807) is 12.4 Å². The Morgan fingerprint density at radius 2 is 2.39 bits per heavy atom. The molecule has 0 radical (unpaired) electrons. The summed E-state index contributed by atoms with van der Waals surface area (Å²) >= 11 is 0. The molecule has 6 heteroatoms. The average molecular weight is 245 g/mol. The molecule has 92 valence electrons. The number of aromatic nitrogens is 2. The molecule has 1 aliphatic heterocycles. The molecule has 0 bridgehead atoms. The fourth-order valence-corrected chi connectivity index (χ4v) is 1.77.